The summed E-state index contributed by atoms with van der Waals surface area (Å²) in [6.07, 6.45) is 3.52. The molecule has 0 radical (unpaired) electrons. The first-order chi connectivity index (χ1) is 6.54. The van der Waals surface area contributed by atoms with Crippen molar-refractivity contribution < 1.29 is 8.42 Å². The number of hydrogen-bond acceptors (Lipinski definition) is 3. The van der Waals surface area contributed by atoms with E-state index in [1.165, 1.54) is 7.05 Å². The van der Waals surface area contributed by atoms with Crippen molar-refractivity contribution in [2.75, 3.05) is 7.05 Å². The first-order valence-corrected chi connectivity index (χ1v) is 6.46. The second-order valence-electron chi connectivity index (χ2n) is 4.16. The zero-order chi connectivity index (χ0) is 10.3. The van der Waals surface area contributed by atoms with Gasteiger partial charge in [0.25, 0.3) is 10.2 Å². The Hall–Kier alpha value is -0.170. The van der Waals surface area contributed by atoms with Crippen LogP contribution in [0.5, 0.6) is 0 Å². The van der Waals surface area contributed by atoms with Gasteiger partial charge in [0.15, 0.2) is 0 Å². The van der Waals surface area contributed by atoms with E-state index in [0.717, 1.165) is 25.7 Å². The predicted octanol–water partition coefficient (Wildman–Crippen LogP) is -0.595. The maximum absolute atomic E-state index is 11.7. The standard InChI is InChI=1S/C8H17N3O2S/c1-10-14(12,13)11-7-2-3-8(11)5-6(9)4-7/h6-8,10H,2-5,9H2,1H3. The van der Waals surface area contributed by atoms with Crippen LogP contribution in [0.1, 0.15) is 25.7 Å². The molecule has 6 heteroatoms. The third-order valence-electron chi connectivity index (χ3n) is 3.24. The van der Waals surface area contributed by atoms with E-state index in [-0.39, 0.29) is 18.1 Å². The highest BCUT2D eigenvalue weighted by Crippen LogP contribution is 2.36. The highest BCUT2D eigenvalue weighted by molar-refractivity contribution is 7.87. The van der Waals surface area contributed by atoms with Gasteiger partial charge in [-0.2, -0.15) is 12.7 Å². The average Bonchev–Trinajstić information content (AvgIpc) is 2.40. The van der Waals surface area contributed by atoms with Gasteiger partial charge in [0.2, 0.25) is 0 Å². The molecule has 2 unspecified atom stereocenters. The van der Waals surface area contributed by atoms with Crippen LogP contribution in [0.3, 0.4) is 0 Å². The minimum Gasteiger partial charge on any atom is -0.328 e. The van der Waals surface area contributed by atoms with Crippen molar-refractivity contribution in [2.24, 2.45) is 5.73 Å². The van der Waals surface area contributed by atoms with Crippen LogP contribution in [0.2, 0.25) is 0 Å². The van der Waals surface area contributed by atoms with E-state index in [2.05, 4.69) is 4.72 Å². The maximum atomic E-state index is 11.7. The highest BCUT2D eigenvalue weighted by atomic mass is 32.2. The monoisotopic (exact) mass is 219 g/mol. The fraction of sp³-hybridized carbons (Fsp3) is 1.00. The van der Waals surface area contributed by atoms with Crippen LogP contribution in [0.4, 0.5) is 0 Å². The van der Waals surface area contributed by atoms with Gasteiger partial charge in [0.1, 0.15) is 0 Å². The molecule has 0 aromatic carbocycles. The second-order valence-corrected chi connectivity index (χ2v) is 5.94. The Morgan fingerprint density at radius 1 is 1.29 bits per heavy atom. The first kappa shape index (κ1) is 10.4. The zero-order valence-corrected chi connectivity index (χ0v) is 9.13. The Balaban J connectivity index is 2.23. The van der Waals surface area contributed by atoms with Gasteiger partial charge < -0.3 is 5.73 Å². The van der Waals surface area contributed by atoms with Crippen molar-refractivity contribution in [3.8, 4) is 0 Å². The lowest BCUT2D eigenvalue weighted by molar-refractivity contribution is 0.225. The van der Waals surface area contributed by atoms with Crippen LogP contribution in [-0.2, 0) is 10.2 Å². The quantitative estimate of drug-likeness (QED) is 0.651. The van der Waals surface area contributed by atoms with Crippen LogP contribution >= 0.6 is 0 Å². The summed E-state index contributed by atoms with van der Waals surface area (Å²) >= 11 is 0. The number of piperidine rings is 1. The third-order valence-corrected chi connectivity index (χ3v) is 4.91. The number of nitrogens with one attached hydrogen (secondary N) is 1. The molecular weight excluding hydrogens is 202 g/mol. The van der Waals surface area contributed by atoms with Crippen LogP contribution < -0.4 is 10.5 Å². The number of nitrogens with two attached hydrogens (primary N) is 1. The van der Waals surface area contributed by atoms with Crippen LogP contribution in [0.25, 0.3) is 0 Å². The summed E-state index contributed by atoms with van der Waals surface area (Å²) in [5.74, 6) is 0. The SMILES string of the molecule is CNS(=O)(=O)N1C2CCC1CC(N)C2. The van der Waals surface area contributed by atoms with Crippen molar-refractivity contribution in [3.05, 3.63) is 0 Å². The number of hydrogen-bond donors (Lipinski definition) is 2. The van der Waals surface area contributed by atoms with Gasteiger partial charge in [0.05, 0.1) is 0 Å². The van der Waals surface area contributed by atoms with E-state index in [1.807, 2.05) is 0 Å². The van der Waals surface area contributed by atoms with Crippen LogP contribution in [0, 0.1) is 0 Å². The summed E-state index contributed by atoms with van der Waals surface area (Å²) in [6.45, 7) is 0. The van der Waals surface area contributed by atoms with Crippen LogP contribution in [-0.4, -0.2) is 37.9 Å². The molecule has 2 fully saturated rings. The summed E-state index contributed by atoms with van der Waals surface area (Å²) in [4.78, 5) is 0. The van der Waals surface area contributed by atoms with E-state index in [9.17, 15) is 8.42 Å². The molecule has 2 saturated heterocycles. The molecule has 0 aliphatic carbocycles. The van der Waals surface area contributed by atoms with E-state index in [0.29, 0.717) is 0 Å². The van der Waals surface area contributed by atoms with Crippen molar-refractivity contribution in [2.45, 2.75) is 43.8 Å². The van der Waals surface area contributed by atoms with Crippen molar-refractivity contribution in [3.63, 3.8) is 0 Å². The Morgan fingerprint density at radius 3 is 2.21 bits per heavy atom. The molecule has 2 aliphatic rings. The fourth-order valence-corrected chi connectivity index (χ4v) is 4.05. The smallest absolute Gasteiger partial charge is 0.279 e. The van der Waals surface area contributed by atoms with Crippen LogP contribution in [0.15, 0.2) is 0 Å². The summed E-state index contributed by atoms with van der Waals surface area (Å²) in [6, 6.07) is 0.429. The lowest BCUT2D eigenvalue weighted by Crippen LogP contribution is -2.52. The van der Waals surface area contributed by atoms with Crippen molar-refractivity contribution >= 4 is 10.2 Å². The van der Waals surface area contributed by atoms with E-state index < -0.39 is 10.2 Å². The fourth-order valence-electron chi connectivity index (χ4n) is 2.67. The van der Waals surface area contributed by atoms with Gasteiger partial charge >= 0.3 is 0 Å². The topological polar surface area (TPSA) is 75.4 Å². The Kier molecular flexibility index (Phi) is 2.55. The molecule has 2 aliphatic heterocycles. The second kappa shape index (κ2) is 3.44. The Morgan fingerprint density at radius 2 is 1.79 bits per heavy atom. The van der Waals surface area contributed by atoms with Gasteiger partial charge in [-0.3, -0.25) is 0 Å². The molecule has 14 heavy (non-hydrogen) atoms. The zero-order valence-electron chi connectivity index (χ0n) is 8.31. The van der Waals surface area contributed by atoms with Gasteiger partial charge in [-0.15, -0.1) is 0 Å². The average molecular weight is 219 g/mol. The molecule has 3 N–H and O–H groups in total. The number of rotatable bonds is 2. The number of nitrogens with zero attached hydrogens (tertiary/aromatic N) is 1. The molecule has 2 bridgehead atoms. The molecule has 82 valence electrons. The van der Waals surface area contributed by atoms with Gasteiger partial charge in [-0.25, -0.2) is 4.72 Å². The number of fused-ring (bicyclic) bond motifs is 2. The Labute approximate surface area is 84.8 Å². The third kappa shape index (κ3) is 1.56. The molecule has 5 nitrogen and oxygen atoms in total. The van der Waals surface area contributed by atoms with Crippen molar-refractivity contribution in [1.29, 1.82) is 0 Å². The maximum Gasteiger partial charge on any atom is 0.279 e. The molecule has 0 spiro atoms. The highest BCUT2D eigenvalue weighted by Gasteiger charge is 2.45. The van der Waals surface area contributed by atoms with Gasteiger partial charge in [-0.05, 0) is 25.7 Å². The largest absolute Gasteiger partial charge is 0.328 e. The first-order valence-electron chi connectivity index (χ1n) is 5.02. The van der Waals surface area contributed by atoms with E-state index in [1.54, 1.807) is 4.31 Å². The molecule has 0 saturated carbocycles. The van der Waals surface area contributed by atoms with E-state index >= 15 is 0 Å². The van der Waals surface area contributed by atoms with Gasteiger partial charge in [0, 0.05) is 25.2 Å². The molecule has 2 heterocycles. The van der Waals surface area contributed by atoms with Crippen molar-refractivity contribution in [1.82, 2.24) is 9.03 Å². The lowest BCUT2D eigenvalue weighted by atomic mass is 10.0. The molecule has 0 amide bonds. The summed E-state index contributed by atoms with van der Waals surface area (Å²) in [5.41, 5.74) is 5.86. The summed E-state index contributed by atoms with van der Waals surface area (Å²) in [7, 11) is -1.79. The predicted molar refractivity (Wildman–Crippen MR) is 53.8 cm³/mol. The lowest BCUT2D eigenvalue weighted by Gasteiger charge is -2.35. The molecule has 2 atom stereocenters. The molecule has 0 aromatic heterocycles. The minimum absolute atomic E-state index is 0.126. The molecule has 0 aromatic rings. The normalized spacial score (nSPS) is 38.9. The molecule has 2 rings (SSSR count). The minimum atomic E-state index is -3.25. The summed E-state index contributed by atoms with van der Waals surface area (Å²) < 4.78 is 27.4. The Bertz CT molecular complexity index is 303. The summed E-state index contributed by atoms with van der Waals surface area (Å²) in [5, 5.41) is 0. The van der Waals surface area contributed by atoms with E-state index in [4.69, 9.17) is 5.73 Å². The molecular formula is C8H17N3O2S. The van der Waals surface area contributed by atoms with Gasteiger partial charge in [-0.1, -0.05) is 0 Å².